The lowest BCUT2D eigenvalue weighted by molar-refractivity contribution is 0.204. The Labute approximate surface area is 135 Å². The zero-order valence-electron chi connectivity index (χ0n) is 13.2. The number of hydrogen-bond acceptors (Lipinski definition) is 4. The molecule has 0 spiro atoms. The Hall–Kier alpha value is -1.93. The van der Waals surface area contributed by atoms with Gasteiger partial charge < -0.3 is 15.4 Å². The SMILES string of the molecule is CCn1ncc(Cn2cc(NC(=S)NCCOC)cn2)c1C. The Morgan fingerprint density at radius 1 is 1.36 bits per heavy atom. The zero-order valence-corrected chi connectivity index (χ0v) is 14.0. The van der Waals surface area contributed by atoms with Gasteiger partial charge >= 0.3 is 0 Å². The van der Waals surface area contributed by atoms with E-state index >= 15 is 0 Å². The third-order valence-corrected chi connectivity index (χ3v) is 3.57. The van der Waals surface area contributed by atoms with Crippen molar-refractivity contribution in [1.82, 2.24) is 24.9 Å². The van der Waals surface area contributed by atoms with Crippen molar-refractivity contribution < 1.29 is 4.74 Å². The summed E-state index contributed by atoms with van der Waals surface area (Å²) in [5.41, 5.74) is 3.19. The maximum absolute atomic E-state index is 5.20. The Morgan fingerprint density at radius 2 is 2.18 bits per heavy atom. The monoisotopic (exact) mass is 322 g/mol. The minimum atomic E-state index is 0.562. The molecule has 120 valence electrons. The second-order valence-electron chi connectivity index (χ2n) is 4.87. The molecule has 2 heterocycles. The molecule has 0 atom stereocenters. The Balaban J connectivity index is 1.91. The molecule has 7 nitrogen and oxygen atoms in total. The highest BCUT2D eigenvalue weighted by molar-refractivity contribution is 7.80. The number of rotatable bonds is 7. The molecular formula is C14H22N6OS. The van der Waals surface area contributed by atoms with Crippen molar-refractivity contribution in [3.8, 4) is 0 Å². The molecule has 0 amide bonds. The van der Waals surface area contributed by atoms with Crippen molar-refractivity contribution in [2.24, 2.45) is 0 Å². The summed E-state index contributed by atoms with van der Waals surface area (Å²) in [5, 5.41) is 15.4. The van der Waals surface area contributed by atoms with Crippen molar-refractivity contribution in [2.75, 3.05) is 25.6 Å². The largest absolute Gasteiger partial charge is 0.383 e. The second kappa shape index (κ2) is 7.90. The van der Waals surface area contributed by atoms with E-state index in [0.717, 1.165) is 17.8 Å². The molecule has 0 aliphatic rings. The summed E-state index contributed by atoms with van der Waals surface area (Å²) in [7, 11) is 1.66. The van der Waals surface area contributed by atoms with E-state index in [1.807, 2.05) is 21.8 Å². The fourth-order valence-corrected chi connectivity index (χ4v) is 2.31. The molecule has 0 aromatic carbocycles. The van der Waals surface area contributed by atoms with Crippen LogP contribution in [0.4, 0.5) is 5.69 Å². The Bertz CT molecular complexity index is 621. The van der Waals surface area contributed by atoms with Crippen molar-refractivity contribution in [1.29, 1.82) is 0 Å². The van der Waals surface area contributed by atoms with Crippen molar-refractivity contribution in [3.63, 3.8) is 0 Å². The van der Waals surface area contributed by atoms with E-state index in [-0.39, 0.29) is 0 Å². The normalized spacial score (nSPS) is 10.7. The molecule has 2 rings (SSSR count). The predicted octanol–water partition coefficient (Wildman–Crippen LogP) is 1.39. The molecule has 0 radical (unpaired) electrons. The number of methoxy groups -OCH3 is 1. The molecule has 0 fully saturated rings. The summed E-state index contributed by atoms with van der Waals surface area (Å²) >= 11 is 5.20. The average Bonchev–Trinajstić information content (AvgIpc) is 3.07. The van der Waals surface area contributed by atoms with Gasteiger partial charge in [0.1, 0.15) is 0 Å². The van der Waals surface area contributed by atoms with Gasteiger partial charge in [0.25, 0.3) is 0 Å². The third-order valence-electron chi connectivity index (χ3n) is 3.32. The molecule has 0 saturated heterocycles. The number of nitrogens with one attached hydrogen (secondary N) is 2. The van der Waals surface area contributed by atoms with Crippen LogP contribution in [-0.4, -0.2) is 44.9 Å². The molecular weight excluding hydrogens is 300 g/mol. The van der Waals surface area contributed by atoms with Gasteiger partial charge in [0.15, 0.2) is 5.11 Å². The van der Waals surface area contributed by atoms with Crippen LogP contribution in [0.15, 0.2) is 18.6 Å². The van der Waals surface area contributed by atoms with Gasteiger partial charge in [-0.15, -0.1) is 0 Å². The zero-order chi connectivity index (χ0) is 15.9. The molecule has 22 heavy (non-hydrogen) atoms. The number of thiocarbonyl (C=S) groups is 1. The second-order valence-corrected chi connectivity index (χ2v) is 5.28. The Morgan fingerprint density at radius 3 is 2.86 bits per heavy atom. The third kappa shape index (κ3) is 4.28. The molecule has 2 aromatic heterocycles. The molecule has 0 aliphatic heterocycles. The average molecular weight is 322 g/mol. The maximum atomic E-state index is 5.20. The van der Waals surface area contributed by atoms with Gasteiger partial charge in [-0.1, -0.05) is 0 Å². The minimum absolute atomic E-state index is 0.562. The van der Waals surface area contributed by atoms with E-state index in [0.29, 0.717) is 24.8 Å². The first-order chi connectivity index (χ1) is 10.6. The van der Waals surface area contributed by atoms with E-state index in [1.165, 1.54) is 5.69 Å². The number of ether oxygens (including phenoxy) is 1. The first kappa shape index (κ1) is 16.4. The molecule has 8 heteroatoms. The smallest absolute Gasteiger partial charge is 0.170 e. The van der Waals surface area contributed by atoms with Gasteiger partial charge in [-0.05, 0) is 26.1 Å². The molecule has 0 bridgehead atoms. The number of anilines is 1. The number of aryl methyl sites for hydroxylation is 1. The van der Waals surface area contributed by atoms with Crippen LogP contribution in [0.5, 0.6) is 0 Å². The van der Waals surface area contributed by atoms with Crippen LogP contribution >= 0.6 is 12.2 Å². The van der Waals surface area contributed by atoms with Crippen LogP contribution in [0, 0.1) is 6.92 Å². The van der Waals surface area contributed by atoms with Crippen molar-refractivity contribution in [3.05, 3.63) is 29.8 Å². The summed E-state index contributed by atoms with van der Waals surface area (Å²) in [6.45, 7) is 7.00. The first-order valence-corrected chi connectivity index (χ1v) is 7.62. The van der Waals surface area contributed by atoms with Gasteiger partial charge in [0.05, 0.1) is 31.2 Å². The number of nitrogens with zero attached hydrogens (tertiary/aromatic N) is 4. The fourth-order valence-electron chi connectivity index (χ4n) is 2.09. The van der Waals surface area contributed by atoms with Crippen LogP contribution in [0.1, 0.15) is 18.2 Å². The number of hydrogen-bond donors (Lipinski definition) is 2. The van der Waals surface area contributed by atoms with Gasteiger partial charge in [-0.3, -0.25) is 9.36 Å². The van der Waals surface area contributed by atoms with E-state index in [9.17, 15) is 0 Å². The van der Waals surface area contributed by atoms with E-state index in [4.69, 9.17) is 17.0 Å². The maximum Gasteiger partial charge on any atom is 0.170 e. The predicted molar refractivity (Wildman–Crippen MR) is 90.1 cm³/mol. The molecule has 0 aliphatic carbocycles. The van der Waals surface area contributed by atoms with Gasteiger partial charge in [0, 0.05) is 37.7 Å². The lowest BCUT2D eigenvalue weighted by Crippen LogP contribution is -2.30. The van der Waals surface area contributed by atoms with E-state index in [2.05, 4.69) is 34.7 Å². The van der Waals surface area contributed by atoms with Crippen LogP contribution < -0.4 is 10.6 Å². The summed E-state index contributed by atoms with van der Waals surface area (Å²) in [6, 6.07) is 0. The molecule has 2 aromatic rings. The standard InChI is InChI=1S/C14H22N6OS/c1-4-20-11(2)12(7-17-20)9-19-10-13(8-16-19)18-14(22)15-5-6-21-3/h7-8,10H,4-6,9H2,1-3H3,(H2,15,18,22). The lowest BCUT2D eigenvalue weighted by Gasteiger charge is -2.07. The van der Waals surface area contributed by atoms with Crippen molar-refractivity contribution in [2.45, 2.75) is 26.9 Å². The van der Waals surface area contributed by atoms with E-state index < -0.39 is 0 Å². The van der Waals surface area contributed by atoms with Gasteiger partial charge in [-0.25, -0.2) is 0 Å². The van der Waals surface area contributed by atoms with Crippen molar-refractivity contribution >= 4 is 23.0 Å². The highest BCUT2D eigenvalue weighted by Crippen LogP contribution is 2.11. The Kier molecular flexibility index (Phi) is 5.91. The summed E-state index contributed by atoms with van der Waals surface area (Å²) in [4.78, 5) is 0. The van der Waals surface area contributed by atoms with Crippen LogP contribution in [-0.2, 0) is 17.8 Å². The fraction of sp³-hybridized carbons (Fsp3) is 0.500. The first-order valence-electron chi connectivity index (χ1n) is 7.21. The minimum Gasteiger partial charge on any atom is -0.383 e. The highest BCUT2D eigenvalue weighted by atomic mass is 32.1. The summed E-state index contributed by atoms with van der Waals surface area (Å²) < 4.78 is 8.81. The van der Waals surface area contributed by atoms with Crippen LogP contribution in [0.25, 0.3) is 0 Å². The summed E-state index contributed by atoms with van der Waals surface area (Å²) in [6.07, 6.45) is 5.57. The topological polar surface area (TPSA) is 68.9 Å². The lowest BCUT2D eigenvalue weighted by atomic mass is 10.2. The summed E-state index contributed by atoms with van der Waals surface area (Å²) in [5.74, 6) is 0. The van der Waals surface area contributed by atoms with Gasteiger partial charge in [-0.2, -0.15) is 10.2 Å². The quantitative estimate of drug-likeness (QED) is 0.593. The van der Waals surface area contributed by atoms with Crippen LogP contribution in [0.3, 0.4) is 0 Å². The van der Waals surface area contributed by atoms with E-state index in [1.54, 1.807) is 13.3 Å². The molecule has 0 saturated carbocycles. The van der Waals surface area contributed by atoms with Gasteiger partial charge in [0.2, 0.25) is 0 Å². The van der Waals surface area contributed by atoms with Crippen LogP contribution in [0.2, 0.25) is 0 Å². The molecule has 2 N–H and O–H groups in total. The molecule has 0 unspecified atom stereocenters. The number of aromatic nitrogens is 4. The highest BCUT2D eigenvalue weighted by Gasteiger charge is 2.07.